The third kappa shape index (κ3) is 5.44. The molecule has 0 bridgehead atoms. The molecule has 190 valence electrons. The van der Waals surface area contributed by atoms with Crippen molar-refractivity contribution in [2.24, 2.45) is 0 Å². The summed E-state index contributed by atoms with van der Waals surface area (Å²) in [5, 5.41) is 3.09. The standard InChI is InChI=1S/C32H26O6/c1-21-16-17-25-27(18-21)31(35-19-28(33)37-23-11-5-3-6-12-23)26-15-9-10-22(2)30(26)32(25)36-20-29(34)38-24-13-7-4-8-14-24/h3-18H,19-20H2,1-2H3. The molecular formula is C32H26O6. The van der Waals surface area contributed by atoms with Crippen LogP contribution in [0.3, 0.4) is 0 Å². The molecule has 0 atom stereocenters. The van der Waals surface area contributed by atoms with Gasteiger partial charge in [0.1, 0.15) is 23.0 Å². The van der Waals surface area contributed by atoms with Gasteiger partial charge in [0.05, 0.1) is 0 Å². The molecule has 0 aromatic heterocycles. The number of hydrogen-bond donors (Lipinski definition) is 0. The van der Waals surface area contributed by atoms with E-state index in [1.54, 1.807) is 48.5 Å². The molecule has 0 unspecified atom stereocenters. The lowest BCUT2D eigenvalue weighted by atomic mass is 9.96. The van der Waals surface area contributed by atoms with Crippen LogP contribution in [-0.2, 0) is 9.59 Å². The van der Waals surface area contributed by atoms with Gasteiger partial charge in [-0.1, -0.05) is 72.3 Å². The molecule has 0 amide bonds. The highest BCUT2D eigenvalue weighted by Gasteiger charge is 2.20. The monoisotopic (exact) mass is 506 g/mol. The van der Waals surface area contributed by atoms with Gasteiger partial charge >= 0.3 is 11.9 Å². The number of fused-ring (bicyclic) bond motifs is 2. The first-order chi connectivity index (χ1) is 18.5. The second kappa shape index (κ2) is 11.0. The smallest absolute Gasteiger partial charge is 0.349 e. The summed E-state index contributed by atoms with van der Waals surface area (Å²) in [6, 6.07) is 29.4. The van der Waals surface area contributed by atoms with E-state index in [9.17, 15) is 9.59 Å². The normalized spacial score (nSPS) is 10.8. The zero-order valence-electron chi connectivity index (χ0n) is 21.1. The van der Waals surface area contributed by atoms with Crippen LogP contribution in [0, 0.1) is 13.8 Å². The average Bonchev–Trinajstić information content (AvgIpc) is 2.92. The number of ether oxygens (including phenoxy) is 4. The van der Waals surface area contributed by atoms with Gasteiger partial charge in [-0.2, -0.15) is 0 Å². The van der Waals surface area contributed by atoms with Crippen molar-refractivity contribution in [3.05, 3.63) is 108 Å². The molecule has 6 heteroatoms. The van der Waals surface area contributed by atoms with E-state index in [-0.39, 0.29) is 13.2 Å². The first-order valence-corrected chi connectivity index (χ1v) is 12.2. The highest BCUT2D eigenvalue weighted by molar-refractivity contribution is 6.12. The number of hydrogen-bond acceptors (Lipinski definition) is 6. The molecule has 0 aliphatic heterocycles. The summed E-state index contributed by atoms with van der Waals surface area (Å²) in [5.41, 5.74) is 1.95. The molecule has 0 aliphatic carbocycles. The fourth-order valence-corrected chi connectivity index (χ4v) is 4.35. The largest absolute Gasteiger partial charge is 0.481 e. The molecule has 5 aromatic rings. The van der Waals surface area contributed by atoms with E-state index < -0.39 is 11.9 Å². The Morgan fingerprint density at radius 3 is 1.76 bits per heavy atom. The van der Waals surface area contributed by atoms with Gasteiger partial charge in [-0.05, 0) is 49.7 Å². The van der Waals surface area contributed by atoms with Crippen molar-refractivity contribution < 1.29 is 28.5 Å². The van der Waals surface area contributed by atoms with Gasteiger partial charge in [-0.3, -0.25) is 0 Å². The van der Waals surface area contributed by atoms with E-state index in [1.807, 2.05) is 62.4 Å². The zero-order valence-corrected chi connectivity index (χ0v) is 21.1. The lowest BCUT2D eigenvalue weighted by Gasteiger charge is -2.19. The van der Waals surface area contributed by atoms with Crippen LogP contribution in [0.2, 0.25) is 0 Å². The number of carbonyl (C=O) groups is 2. The Bertz CT molecular complexity index is 1610. The topological polar surface area (TPSA) is 71.1 Å². The van der Waals surface area contributed by atoms with Gasteiger partial charge < -0.3 is 18.9 Å². The number of esters is 2. The van der Waals surface area contributed by atoms with E-state index in [0.29, 0.717) is 23.0 Å². The molecule has 5 rings (SSSR count). The number of aryl methyl sites for hydroxylation is 2. The summed E-state index contributed by atoms with van der Waals surface area (Å²) in [5.74, 6) is 0.982. The molecular weight excluding hydrogens is 480 g/mol. The average molecular weight is 507 g/mol. The Morgan fingerprint density at radius 2 is 1.16 bits per heavy atom. The Hall–Kier alpha value is -4.84. The lowest BCUT2D eigenvalue weighted by molar-refractivity contribution is -0.137. The summed E-state index contributed by atoms with van der Waals surface area (Å²) in [4.78, 5) is 25.1. The number of benzene rings is 5. The molecule has 0 radical (unpaired) electrons. The minimum absolute atomic E-state index is 0.273. The number of para-hydroxylation sites is 2. The molecule has 0 aliphatic rings. The Morgan fingerprint density at radius 1 is 0.579 bits per heavy atom. The van der Waals surface area contributed by atoms with E-state index in [0.717, 1.165) is 32.7 Å². The van der Waals surface area contributed by atoms with Crippen molar-refractivity contribution in [2.45, 2.75) is 13.8 Å². The van der Waals surface area contributed by atoms with Crippen LogP contribution in [0.4, 0.5) is 0 Å². The summed E-state index contributed by atoms with van der Waals surface area (Å²) in [6.07, 6.45) is 0. The second-order valence-corrected chi connectivity index (χ2v) is 8.86. The first kappa shape index (κ1) is 24.8. The van der Waals surface area contributed by atoms with E-state index in [2.05, 4.69) is 0 Å². The molecule has 5 aromatic carbocycles. The maximum absolute atomic E-state index is 12.6. The van der Waals surface area contributed by atoms with Gasteiger partial charge in [0.2, 0.25) is 0 Å². The molecule has 38 heavy (non-hydrogen) atoms. The van der Waals surface area contributed by atoms with E-state index in [1.165, 1.54) is 0 Å². The van der Waals surface area contributed by atoms with Crippen molar-refractivity contribution in [1.29, 1.82) is 0 Å². The third-order valence-electron chi connectivity index (χ3n) is 6.03. The van der Waals surface area contributed by atoms with E-state index in [4.69, 9.17) is 18.9 Å². The summed E-state index contributed by atoms with van der Waals surface area (Å²) in [7, 11) is 0. The van der Waals surface area contributed by atoms with Crippen LogP contribution < -0.4 is 18.9 Å². The van der Waals surface area contributed by atoms with Crippen molar-refractivity contribution in [2.75, 3.05) is 13.2 Å². The Balaban J connectivity index is 1.49. The van der Waals surface area contributed by atoms with Crippen LogP contribution in [0.25, 0.3) is 21.5 Å². The Labute approximate surface area is 220 Å². The van der Waals surface area contributed by atoms with Crippen LogP contribution in [0.15, 0.2) is 97.1 Å². The Kier molecular flexibility index (Phi) is 7.22. The highest BCUT2D eigenvalue weighted by Crippen LogP contribution is 2.44. The predicted octanol–water partition coefficient (Wildman–Crippen LogP) is 6.58. The maximum Gasteiger partial charge on any atom is 0.349 e. The van der Waals surface area contributed by atoms with Gasteiger partial charge in [0, 0.05) is 21.5 Å². The molecule has 0 heterocycles. The van der Waals surface area contributed by atoms with E-state index >= 15 is 0 Å². The maximum atomic E-state index is 12.6. The lowest BCUT2D eigenvalue weighted by Crippen LogP contribution is -2.19. The fourth-order valence-electron chi connectivity index (χ4n) is 4.35. The van der Waals surface area contributed by atoms with Crippen LogP contribution >= 0.6 is 0 Å². The SMILES string of the molecule is Cc1ccc2c(OCC(=O)Oc3ccccc3)c3c(C)cccc3c(OCC(=O)Oc3ccccc3)c2c1. The predicted molar refractivity (Wildman–Crippen MR) is 146 cm³/mol. The molecule has 6 nitrogen and oxygen atoms in total. The highest BCUT2D eigenvalue weighted by atomic mass is 16.6. The van der Waals surface area contributed by atoms with Crippen LogP contribution in [-0.4, -0.2) is 25.2 Å². The van der Waals surface area contributed by atoms with Gasteiger partial charge in [0.25, 0.3) is 0 Å². The van der Waals surface area contributed by atoms with Gasteiger partial charge in [-0.15, -0.1) is 0 Å². The van der Waals surface area contributed by atoms with Crippen LogP contribution in [0.1, 0.15) is 11.1 Å². The van der Waals surface area contributed by atoms with Crippen molar-refractivity contribution in [3.8, 4) is 23.0 Å². The molecule has 0 N–H and O–H groups in total. The zero-order chi connectivity index (χ0) is 26.5. The second-order valence-electron chi connectivity index (χ2n) is 8.86. The molecule has 0 saturated carbocycles. The quantitative estimate of drug-likeness (QED) is 0.135. The minimum atomic E-state index is -0.512. The van der Waals surface area contributed by atoms with Gasteiger partial charge in [-0.25, -0.2) is 9.59 Å². The fraction of sp³-hybridized carbons (Fsp3) is 0.125. The molecule has 0 saturated heterocycles. The van der Waals surface area contributed by atoms with Crippen molar-refractivity contribution in [3.63, 3.8) is 0 Å². The van der Waals surface area contributed by atoms with Crippen molar-refractivity contribution in [1.82, 2.24) is 0 Å². The first-order valence-electron chi connectivity index (χ1n) is 12.2. The van der Waals surface area contributed by atoms with Crippen molar-refractivity contribution >= 4 is 33.5 Å². The van der Waals surface area contributed by atoms with Gasteiger partial charge in [0.15, 0.2) is 13.2 Å². The number of carbonyl (C=O) groups excluding carboxylic acids is 2. The third-order valence-corrected chi connectivity index (χ3v) is 6.03. The van der Waals surface area contributed by atoms with Crippen LogP contribution in [0.5, 0.6) is 23.0 Å². The summed E-state index contributed by atoms with van der Waals surface area (Å²) in [6.45, 7) is 3.39. The number of rotatable bonds is 8. The summed E-state index contributed by atoms with van der Waals surface area (Å²) >= 11 is 0. The molecule has 0 fully saturated rings. The summed E-state index contributed by atoms with van der Waals surface area (Å²) < 4.78 is 23.1. The minimum Gasteiger partial charge on any atom is -0.481 e. The molecule has 0 spiro atoms.